The molecule has 75 heavy (non-hydrogen) atoms. The van der Waals surface area contributed by atoms with E-state index in [1.807, 2.05) is 18.6 Å². The van der Waals surface area contributed by atoms with Crippen molar-refractivity contribution >= 4 is 98.2 Å². The molecule has 2 fully saturated rings. The molecule has 0 aliphatic carbocycles. The zero-order chi connectivity index (χ0) is 53.4. The second-order valence-electron chi connectivity index (χ2n) is 26.0. The normalized spacial score (nSPS) is 16.3. The van der Waals surface area contributed by atoms with Gasteiger partial charge in [0.2, 0.25) is 0 Å². The van der Waals surface area contributed by atoms with E-state index < -0.39 is 42.7 Å². The Morgan fingerprint density at radius 2 is 1.01 bits per heavy atom. The lowest BCUT2D eigenvalue weighted by Crippen LogP contribution is -2.61. The summed E-state index contributed by atoms with van der Waals surface area (Å²) in [6.07, 6.45) is 5.73. The molecule has 0 spiro atoms. The summed E-state index contributed by atoms with van der Waals surface area (Å²) >= 11 is 0. The number of benzene rings is 4. The predicted octanol–water partition coefficient (Wildman–Crippen LogP) is 12.5. The molecule has 6 heterocycles. The highest BCUT2D eigenvalue weighted by Gasteiger charge is 2.53. The maximum absolute atomic E-state index is 6.77. The molecule has 0 N–H and O–H groups in total. The monoisotopic (exact) mass is 1000 g/mol. The second kappa shape index (κ2) is 19.9. The molecule has 0 unspecified atom stereocenters. The van der Waals surface area contributed by atoms with Crippen LogP contribution in [0.15, 0.2) is 122 Å². The van der Waals surface area contributed by atoms with Crippen LogP contribution in [-0.2, 0) is 50.8 Å². The molecule has 12 nitrogen and oxygen atoms in total. The van der Waals surface area contributed by atoms with Crippen LogP contribution in [0.3, 0.4) is 0 Å². The molecule has 3 aliphatic heterocycles. The number of pyridine rings is 2. The molecule has 0 atom stereocenters. The molecule has 18 heteroatoms. The van der Waals surface area contributed by atoms with Crippen molar-refractivity contribution in [3.63, 3.8) is 0 Å². The fourth-order valence-corrected chi connectivity index (χ4v) is 9.90. The van der Waals surface area contributed by atoms with E-state index in [1.165, 1.54) is 16.3 Å². The van der Waals surface area contributed by atoms with Crippen molar-refractivity contribution in [2.45, 2.75) is 144 Å². The number of ether oxygens (including phenoxy) is 1. The van der Waals surface area contributed by atoms with E-state index in [4.69, 9.17) is 42.1 Å². The van der Waals surface area contributed by atoms with Gasteiger partial charge in [-0.1, -0.05) is 152 Å². The number of hydrogen-bond donors (Lipinski definition) is 0. The molecule has 3 aliphatic rings. The van der Waals surface area contributed by atoms with Crippen LogP contribution in [0.5, 0.6) is 0 Å². The van der Waals surface area contributed by atoms with Gasteiger partial charge in [-0.05, 0) is 109 Å². The number of para-hydroxylation sites is 3. The van der Waals surface area contributed by atoms with Crippen LogP contribution in [-0.4, -0.2) is 63.9 Å². The summed E-state index contributed by atoms with van der Waals surface area (Å²) in [4.78, 5) is 14.3. The van der Waals surface area contributed by atoms with Crippen LogP contribution < -0.4 is 20.7 Å². The maximum atomic E-state index is 6.77. The number of rotatable bonds is 9. The Labute approximate surface area is 447 Å². The topological polar surface area (TPSA) is 102 Å². The van der Waals surface area contributed by atoms with Crippen molar-refractivity contribution in [3.05, 3.63) is 138 Å². The first-order valence-electron chi connectivity index (χ1n) is 26.5. The molecule has 3 aromatic heterocycles. The van der Waals surface area contributed by atoms with E-state index in [2.05, 4.69) is 221 Å². The summed E-state index contributed by atoms with van der Waals surface area (Å²) < 4.78 is 48.9. The van der Waals surface area contributed by atoms with E-state index in [0.717, 1.165) is 61.7 Å². The second-order valence-corrected chi connectivity index (χ2v) is 26.0. The van der Waals surface area contributed by atoms with Gasteiger partial charge < -0.3 is 42.0 Å². The van der Waals surface area contributed by atoms with Crippen LogP contribution in [0.1, 0.15) is 121 Å². The van der Waals surface area contributed by atoms with Gasteiger partial charge in [-0.25, -0.2) is 4.98 Å². The molecule has 2 saturated heterocycles. The first kappa shape index (κ1) is 53.1. The zero-order valence-electron chi connectivity index (χ0n) is 46.7. The molecule has 0 amide bonds. The average molecular weight is 1000 g/mol. The number of anilines is 4. The fourth-order valence-electron chi connectivity index (χ4n) is 9.90. The van der Waals surface area contributed by atoms with Crippen LogP contribution >= 0.6 is 0 Å². The smallest absolute Gasteiger partial charge is 0.452 e. The summed E-state index contributed by atoms with van der Waals surface area (Å²) in [5.74, 6) is 0.904. The van der Waals surface area contributed by atoms with Crippen molar-refractivity contribution in [3.8, 4) is 5.82 Å². The van der Waals surface area contributed by atoms with Crippen molar-refractivity contribution in [2.24, 2.45) is 0 Å². The quantitative estimate of drug-likeness (QED) is 0.129. The Morgan fingerprint density at radius 1 is 0.493 bits per heavy atom. The van der Waals surface area contributed by atoms with Gasteiger partial charge in [-0.3, -0.25) is 9.55 Å². The van der Waals surface area contributed by atoms with Gasteiger partial charge in [0.1, 0.15) is 12.5 Å². The lowest BCUT2D eigenvalue weighted by Gasteiger charge is -2.42. The first-order chi connectivity index (χ1) is 35.3. The van der Waals surface area contributed by atoms with E-state index in [1.54, 1.807) is 0 Å². The minimum atomic E-state index is -0.744. The van der Waals surface area contributed by atoms with E-state index in [9.17, 15) is 0 Å². The van der Waals surface area contributed by atoms with E-state index in [-0.39, 0.29) is 26.7 Å². The third-order valence-electron chi connectivity index (χ3n) is 14.1. The Bertz CT molecular complexity index is 3100. The van der Waals surface area contributed by atoms with Gasteiger partial charge in [0.15, 0.2) is 0 Å². The minimum Gasteiger partial charge on any atom is -0.452 e. The lowest BCUT2D eigenvalue weighted by atomic mass is 9.49. The highest BCUT2D eigenvalue weighted by Crippen LogP contribution is 2.45. The third kappa shape index (κ3) is 11.1. The molecule has 0 bridgehead atoms. The molecule has 0 radical (unpaired) electrons. The van der Waals surface area contributed by atoms with Crippen LogP contribution in [0, 0.1) is 0 Å². The number of fused-ring (bicyclic) bond motifs is 4. The number of aromatic nitrogens is 3. The fraction of sp³-hybridized carbons (Fsp3) is 0.404. The zero-order valence-corrected chi connectivity index (χ0v) is 46.7. The lowest BCUT2D eigenvalue weighted by molar-refractivity contribution is 0.107. The summed E-state index contributed by atoms with van der Waals surface area (Å²) in [6, 6.07) is 36.6. The summed E-state index contributed by atoms with van der Waals surface area (Å²) in [6.45, 7) is 33.6. The minimum absolute atomic E-state index is 0.0113. The van der Waals surface area contributed by atoms with E-state index in [0.29, 0.717) is 19.9 Å². The predicted molar refractivity (Wildman–Crippen MR) is 311 cm³/mol. The summed E-state index contributed by atoms with van der Waals surface area (Å²) in [5.41, 5.74) is 11.1. The van der Waals surface area contributed by atoms with Gasteiger partial charge in [0.25, 0.3) is 0 Å². The number of hydrogen-bond acceptors (Lipinski definition) is 11. The summed E-state index contributed by atoms with van der Waals surface area (Å²) in [7, 11) is -3.59. The Kier molecular flexibility index (Phi) is 14.1. The Hall–Kier alpha value is -5.31. The van der Waals surface area contributed by atoms with Gasteiger partial charge in [-0.2, -0.15) is 0 Å². The van der Waals surface area contributed by atoms with Crippen molar-refractivity contribution < 1.29 is 32.2 Å². The maximum Gasteiger partial charge on any atom is 0.466 e. The Balaban J connectivity index is 0.950. The first-order valence-corrected chi connectivity index (χ1v) is 26.5. The highest BCUT2D eigenvalue weighted by molar-refractivity contribution is 6.83. The SMILES string of the molecule is CC(C)(C)B1OB(c2cc(B3OB(C(C)(C)C)OB(C(C)(C)C)O3)cc(N3CN(c4cncc(COCc5ccc6c7ccccc7n(-c7cc(C(C)(C)C)ccn7)c6c5)c4)c4ccccc43)c2)OB(C(C)(C)C)O1. The van der Waals surface area contributed by atoms with Crippen LogP contribution in [0.4, 0.5) is 22.7 Å². The highest BCUT2D eigenvalue weighted by atomic mass is 16.7. The molecule has 384 valence electrons. The van der Waals surface area contributed by atoms with Crippen molar-refractivity contribution in [1.82, 2.24) is 14.5 Å². The van der Waals surface area contributed by atoms with Crippen molar-refractivity contribution in [2.75, 3.05) is 16.5 Å². The standard InChI is InChI=1S/C57H71B6N5O7/c1-53(2,3)41-26-27-65-52(30-41)68-48-21-17-16-20-46(48)47-25-24-39(29-51(47)68)36-69-37-40-28-45(35-64-34-40)67-38-66(49-22-18-19-23-50(49)67)44-32-42(58-70-60(54(4,5)6)74-61(71-58)55(7,8)9)31-43(33-44)59-72-62(56(10,11)12)75-63(73-59)57(13,14)15/h16-35H,36-38H2,1-15H3. The number of nitrogens with zero attached hydrogens (tertiary/aromatic N) is 5. The molecule has 4 aromatic carbocycles. The van der Waals surface area contributed by atoms with Gasteiger partial charge in [-0.15, -0.1) is 0 Å². The van der Waals surface area contributed by atoms with Gasteiger partial charge >= 0.3 is 42.7 Å². The van der Waals surface area contributed by atoms with E-state index >= 15 is 0 Å². The molecular formula is C57H71B6N5O7. The molecule has 7 aromatic rings. The average Bonchev–Trinajstić information content (AvgIpc) is 3.91. The Morgan fingerprint density at radius 3 is 1.57 bits per heavy atom. The molecule has 0 saturated carbocycles. The largest absolute Gasteiger partial charge is 0.466 e. The third-order valence-corrected chi connectivity index (χ3v) is 14.1. The van der Waals surface area contributed by atoms with Crippen molar-refractivity contribution in [1.29, 1.82) is 0 Å². The van der Waals surface area contributed by atoms with Gasteiger partial charge in [0.05, 0.1) is 47.5 Å². The molecule has 10 rings (SSSR count). The van der Waals surface area contributed by atoms with Gasteiger partial charge in [0, 0.05) is 28.9 Å². The van der Waals surface area contributed by atoms with Crippen LogP contribution in [0.25, 0.3) is 27.6 Å². The summed E-state index contributed by atoms with van der Waals surface area (Å²) in [5, 5.41) is 1.07. The van der Waals surface area contributed by atoms with Crippen LogP contribution in [0.2, 0.25) is 21.3 Å². The molecular weight excluding hydrogens is 932 g/mol.